The van der Waals surface area contributed by atoms with E-state index in [1.54, 1.807) is 7.11 Å². The van der Waals surface area contributed by atoms with Gasteiger partial charge in [-0.2, -0.15) is 0 Å². The topological polar surface area (TPSA) is 134 Å². The highest BCUT2D eigenvalue weighted by atomic mass is 32.1. The van der Waals surface area contributed by atoms with Crippen LogP contribution in [0.5, 0.6) is 0 Å². The molecule has 5 fully saturated rings. The molecule has 0 unspecified atom stereocenters. The van der Waals surface area contributed by atoms with E-state index in [-0.39, 0.29) is 37.0 Å². The molecular weight excluding hydrogens is 827 g/mol. The summed E-state index contributed by atoms with van der Waals surface area (Å²) in [5.74, 6) is -7.31. The SMILES string of the molecule is CCn1c(-c2cc(N3CCN(C)CC3)cnc2[C@H](C)OC)c2c3cc(ccc31)-c1csc(n1)C1(CC1)[C@H](NC(=O)[C@H]1C[C@@H]1C)C(=O)N1C[C@@H]3[C@H]([C@H](N1)C(=O)OCC(C)(C)C2)C3(F)F. The van der Waals surface area contributed by atoms with Gasteiger partial charge in [-0.3, -0.25) is 24.4 Å². The zero-order valence-corrected chi connectivity index (χ0v) is 38.0. The summed E-state index contributed by atoms with van der Waals surface area (Å²) in [6.45, 7) is 14.1. The Hall–Kier alpha value is -4.51. The molecule has 3 aromatic heterocycles. The first kappa shape index (κ1) is 42.4. The van der Waals surface area contributed by atoms with Crippen molar-refractivity contribution in [3.63, 3.8) is 0 Å². The van der Waals surface area contributed by atoms with E-state index < -0.39 is 52.5 Å². The molecule has 6 bridgehead atoms. The lowest BCUT2D eigenvalue weighted by Gasteiger charge is -2.36. The van der Waals surface area contributed by atoms with E-state index in [9.17, 15) is 14.4 Å². The number of halogens is 2. The molecule has 0 radical (unpaired) electrons. The first-order valence-corrected chi connectivity index (χ1v) is 23.4. The van der Waals surface area contributed by atoms with Crippen LogP contribution in [0.1, 0.15) is 76.3 Å². The zero-order valence-electron chi connectivity index (χ0n) is 37.2. The Kier molecular flexibility index (Phi) is 10.3. The summed E-state index contributed by atoms with van der Waals surface area (Å²) in [5.41, 5.74) is 8.95. The van der Waals surface area contributed by atoms with Crippen LogP contribution in [0.25, 0.3) is 33.4 Å². The Morgan fingerprint density at radius 3 is 2.57 bits per heavy atom. The van der Waals surface area contributed by atoms with Crippen molar-refractivity contribution >= 4 is 45.7 Å². The number of alkyl halides is 2. The van der Waals surface area contributed by atoms with E-state index >= 15 is 8.78 Å². The number of aryl methyl sites for hydroxylation is 1. The highest BCUT2D eigenvalue weighted by Gasteiger charge is 2.75. The molecule has 10 rings (SSSR count). The summed E-state index contributed by atoms with van der Waals surface area (Å²) < 4.78 is 45.4. The number of benzene rings is 1. The molecule has 6 heterocycles. The van der Waals surface area contributed by atoms with Crippen LogP contribution in [0.15, 0.2) is 35.8 Å². The average molecular weight is 885 g/mol. The van der Waals surface area contributed by atoms with Crippen molar-refractivity contribution in [1.82, 2.24) is 35.2 Å². The summed E-state index contributed by atoms with van der Waals surface area (Å²) in [6.07, 6.45) is 4.00. The molecule has 6 aliphatic rings. The molecule has 3 saturated carbocycles. The van der Waals surface area contributed by atoms with E-state index in [0.29, 0.717) is 30.8 Å². The Balaban J connectivity index is 1.13. The van der Waals surface area contributed by atoms with Gasteiger partial charge in [0, 0.05) is 85.1 Å². The number of amides is 2. The maximum atomic E-state index is 15.5. The standard InChI is InChI=1S/C47H58F2N8O5S/c1-8-56-35-10-9-27-18-30(35)32(39(56)31-19-28(21-50-37(31)26(3)61-7)55-15-13-54(6)14-16-55)20-45(4,5)24-62-43(60)38-36-33(47(36,48)49)22-57(53-38)42(59)40(52-41(58)29-17-25(29)2)46(11-12-46)44-51-34(27)23-63-44/h9-10,18-19,21,23,25-26,29,33,36,38,40,53H,8,11-17,20,22,24H2,1-7H3,(H,52,58)/t25-,26-,29-,33+,36+,38-,40+/m0/s1. The van der Waals surface area contributed by atoms with Crippen molar-refractivity contribution in [3.05, 3.63) is 52.1 Å². The molecule has 16 heteroatoms. The molecule has 4 aromatic rings. The number of fused-ring (bicyclic) bond motifs is 9. The molecule has 3 aliphatic heterocycles. The van der Waals surface area contributed by atoms with Gasteiger partial charge in [-0.05, 0) is 76.3 Å². The van der Waals surface area contributed by atoms with Crippen LogP contribution in [0.4, 0.5) is 14.5 Å². The van der Waals surface area contributed by atoms with Crippen LogP contribution in [-0.2, 0) is 42.2 Å². The number of thiazole rings is 1. The second-order valence-corrected chi connectivity index (χ2v) is 20.7. The fraction of sp³-hybridized carbons (Fsp3) is 0.596. The van der Waals surface area contributed by atoms with Crippen LogP contribution < -0.4 is 15.6 Å². The van der Waals surface area contributed by atoms with Crippen molar-refractivity contribution in [2.75, 3.05) is 58.4 Å². The van der Waals surface area contributed by atoms with Gasteiger partial charge in [0.25, 0.3) is 11.8 Å². The second kappa shape index (κ2) is 15.3. The maximum Gasteiger partial charge on any atom is 0.325 e. The van der Waals surface area contributed by atoms with E-state index in [1.807, 2.05) is 39.3 Å². The van der Waals surface area contributed by atoms with Crippen LogP contribution in [0.3, 0.4) is 0 Å². The molecule has 2 amide bonds. The fourth-order valence-electron chi connectivity index (χ4n) is 10.5. The Labute approximate surface area is 370 Å². The number of pyridine rings is 1. The highest BCUT2D eigenvalue weighted by molar-refractivity contribution is 7.10. The molecule has 13 nitrogen and oxygen atoms in total. The average Bonchev–Trinajstić information content (AvgIpc) is 4.22. The van der Waals surface area contributed by atoms with Gasteiger partial charge in [-0.1, -0.05) is 26.8 Å². The molecular formula is C47H58F2N8O5S. The van der Waals surface area contributed by atoms with Gasteiger partial charge in [-0.25, -0.2) is 19.2 Å². The molecule has 7 atom stereocenters. The van der Waals surface area contributed by atoms with Crippen molar-refractivity contribution in [2.45, 2.75) is 96.4 Å². The first-order valence-electron chi connectivity index (χ1n) is 22.6. The van der Waals surface area contributed by atoms with Gasteiger partial charge in [0.05, 0.1) is 58.9 Å². The summed E-state index contributed by atoms with van der Waals surface area (Å²) >= 11 is 1.45. The molecule has 3 aliphatic carbocycles. The minimum atomic E-state index is -3.17. The first-order chi connectivity index (χ1) is 30.0. The third-order valence-electron chi connectivity index (χ3n) is 14.9. The number of nitrogens with zero attached hydrogens (tertiary/aromatic N) is 6. The van der Waals surface area contributed by atoms with Gasteiger partial charge >= 0.3 is 5.97 Å². The normalized spacial score (nSPS) is 28.9. The lowest BCUT2D eigenvalue weighted by Crippen LogP contribution is -2.63. The molecule has 63 heavy (non-hydrogen) atoms. The largest absolute Gasteiger partial charge is 0.464 e. The molecule has 2 N–H and O–H groups in total. The quantitative estimate of drug-likeness (QED) is 0.207. The zero-order chi connectivity index (χ0) is 44.3. The summed E-state index contributed by atoms with van der Waals surface area (Å²) in [7, 11) is 3.83. The van der Waals surface area contributed by atoms with Gasteiger partial charge in [0.15, 0.2) is 0 Å². The Bertz CT molecular complexity index is 2490. The number of esters is 1. The predicted octanol–water partition coefficient (Wildman–Crippen LogP) is 6.20. The number of methoxy groups -OCH3 is 1. The van der Waals surface area contributed by atoms with Crippen molar-refractivity contribution in [3.8, 4) is 22.5 Å². The monoisotopic (exact) mass is 884 g/mol. The lowest BCUT2D eigenvalue weighted by molar-refractivity contribution is -0.156. The number of anilines is 1. The minimum absolute atomic E-state index is 0.0590. The van der Waals surface area contributed by atoms with E-state index in [4.69, 9.17) is 19.4 Å². The number of ether oxygens (including phenoxy) is 2. The van der Waals surface area contributed by atoms with E-state index in [0.717, 1.165) is 88.0 Å². The van der Waals surface area contributed by atoms with Crippen molar-refractivity contribution in [1.29, 1.82) is 0 Å². The number of hydrogen-bond acceptors (Lipinski definition) is 11. The van der Waals surface area contributed by atoms with Crippen LogP contribution in [-0.4, -0.2) is 114 Å². The molecule has 1 spiro atoms. The number of likely N-dealkylation sites (N-methyl/N-ethyl adjacent to an activating group) is 1. The minimum Gasteiger partial charge on any atom is -0.464 e. The van der Waals surface area contributed by atoms with E-state index in [1.165, 1.54) is 11.3 Å². The summed E-state index contributed by atoms with van der Waals surface area (Å²) in [6, 6.07) is 6.17. The fourth-order valence-corrected chi connectivity index (χ4v) is 11.6. The van der Waals surface area contributed by atoms with Gasteiger partial charge in [0.1, 0.15) is 17.1 Å². The molecule has 336 valence electrons. The predicted molar refractivity (Wildman–Crippen MR) is 236 cm³/mol. The summed E-state index contributed by atoms with van der Waals surface area (Å²) in [4.78, 5) is 57.5. The van der Waals surface area contributed by atoms with Crippen molar-refractivity contribution < 1.29 is 32.6 Å². The van der Waals surface area contributed by atoms with E-state index in [2.05, 4.69) is 63.3 Å². The number of carbonyl (C=O) groups excluding carboxylic acids is 3. The van der Waals surface area contributed by atoms with Crippen LogP contribution >= 0.6 is 11.3 Å². The second-order valence-electron chi connectivity index (χ2n) is 19.9. The maximum absolute atomic E-state index is 15.5. The number of nitrogens with one attached hydrogen (secondary N) is 2. The third kappa shape index (κ3) is 7.23. The van der Waals surface area contributed by atoms with Gasteiger partial charge in [0.2, 0.25) is 5.91 Å². The third-order valence-corrected chi connectivity index (χ3v) is 15.9. The smallest absolute Gasteiger partial charge is 0.325 e. The highest BCUT2D eigenvalue weighted by Crippen LogP contribution is 2.60. The number of hydrogen-bond donors (Lipinski definition) is 2. The number of carbonyl (C=O) groups is 3. The molecule has 1 aromatic carbocycles. The molecule has 2 saturated heterocycles. The van der Waals surface area contributed by atoms with Crippen LogP contribution in [0, 0.1) is 29.1 Å². The number of aromatic nitrogens is 3. The van der Waals surface area contributed by atoms with Crippen molar-refractivity contribution in [2.24, 2.45) is 29.1 Å². The van der Waals surface area contributed by atoms with Crippen LogP contribution in [0.2, 0.25) is 0 Å². The number of hydrazine groups is 1. The lowest BCUT2D eigenvalue weighted by atomic mass is 9.84. The summed E-state index contributed by atoms with van der Waals surface area (Å²) in [5, 5.41) is 7.97. The van der Waals surface area contributed by atoms with Gasteiger partial charge in [-0.15, -0.1) is 11.3 Å². The van der Waals surface area contributed by atoms with Gasteiger partial charge < -0.3 is 29.2 Å². The Morgan fingerprint density at radius 2 is 1.89 bits per heavy atom. The number of rotatable bonds is 7. The number of cyclic esters (lactones) is 1. The Morgan fingerprint density at radius 1 is 1.14 bits per heavy atom. The number of piperazine rings is 1.